The summed E-state index contributed by atoms with van der Waals surface area (Å²) in [6, 6.07) is 13.8. The van der Waals surface area contributed by atoms with Crippen LogP contribution in [0.2, 0.25) is 5.02 Å². The Hall–Kier alpha value is -2.15. The fourth-order valence-electron chi connectivity index (χ4n) is 1.80. The van der Waals surface area contributed by atoms with Crippen LogP contribution in [-0.2, 0) is 4.79 Å². The summed E-state index contributed by atoms with van der Waals surface area (Å²) in [5.74, 6) is 4.05. The number of hydrazine groups is 1. The van der Waals surface area contributed by atoms with Gasteiger partial charge in [0.1, 0.15) is 5.70 Å². The highest BCUT2D eigenvalue weighted by Gasteiger charge is 2.15. The first-order valence-corrected chi connectivity index (χ1v) is 7.72. The van der Waals surface area contributed by atoms with Crippen molar-refractivity contribution in [2.45, 2.75) is 0 Å². The molecule has 0 spiro atoms. The molecule has 0 heterocycles. The van der Waals surface area contributed by atoms with E-state index in [1.54, 1.807) is 36.4 Å². The number of amides is 2. The van der Waals surface area contributed by atoms with Crippen LogP contribution < -0.4 is 16.6 Å². The maximum absolute atomic E-state index is 12.3. The Morgan fingerprint density at radius 2 is 1.74 bits per heavy atom. The van der Waals surface area contributed by atoms with Crippen molar-refractivity contribution in [2.75, 3.05) is 0 Å². The number of rotatable bonds is 4. The molecular weight excluding hydrogens is 382 g/mol. The molecule has 5 nitrogen and oxygen atoms in total. The number of halogens is 2. The minimum Gasteiger partial charge on any atom is -0.317 e. The van der Waals surface area contributed by atoms with Crippen LogP contribution in [0.1, 0.15) is 15.9 Å². The zero-order valence-corrected chi connectivity index (χ0v) is 14.2. The predicted octanol–water partition coefficient (Wildman–Crippen LogP) is 2.86. The van der Waals surface area contributed by atoms with Gasteiger partial charge in [0.2, 0.25) is 0 Å². The molecule has 23 heavy (non-hydrogen) atoms. The number of nitrogens with one attached hydrogen (secondary N) is 2. The molecule has 0 unspecified atom stereocenters. The second-order valence-corrected chi connectivity index (χ2v) is 5.84. The van der Waals surface area contributed by atoms with Crippen LogP contribution >= 0.6 is 27.5 Å². The Morgan fingerprint density at radius 3 is 2.35 bits per heavy atom. The van der Waals surface area contributed by atoms with Gasteiger partial charge in [0.15, 0.2) is 0 Å². The van der Waals surface area contributed by atoms with Crippen molar-refractivity contribution in [1.29, 1.82) is 0 Å². The van der Waals surface area contributed by atoms with Crippen molar-refractivity contribution in [3.63, 3.8) is 0 Å². The van der Waals surface area contributed by atoms with E-state index in [0.29, 0.717) is 5.02 Å². The maximum Gasteiger partial charge on any atom is 0.281 e. The van der Waals surface area contributed by atoms with Gasteiger partial charge >= 0.3 is 0 Å². The molecule has 0 aliphatic heterocycles. The van der Waals surface area contributed by atoms with E-state index in [1.165, 1.54) is 6.08 Å². The Bertz CT molecular complexity index is 760. The lowest BCUT2D eigenvalue weighted by Gasteiger charge is -2.10. The van der Waals surface area contributed by atoms with Gasteiger partial charge in [-0.05, 0) is 35.9 Å². The summed E-state index contributed by atoms with van der Waals surface area (Å²) in [5.41, 5.74) is 3.01. The van der Waals surface area contributed by atoms with E-state index < -0.39 is 11.8 Å². The monoisotopic (exact) mass is 393 g/mol. The number of benzene rings is 2. The van der Waals surface area contributed by atoms with Crippen molar-refractivity contribution in [3.05, 3.63) is 74.9 Å². The second kappa shape index (κ2) is 7.92. The molecule has 2 aromatic carbocycles. The lowest BCUT2D eigenvalue weighted by atomic mass is 10.1. The van der Waals surface area contributed by atoms with E-state index in [9.17, 15) is 9.59 Å². The predicted molar refractivity (Wildman–Crippen MR) is 93.4 cm³/mol. The summed E-state index contributed by atoms with van der Waals surface area (Å²) in [4.78, 5) is 24.1. The first-order chi connectivity index (χ1) is 11.0. The van der Waals surface area contributed by atoms with Crippen molar-refractivity contribution < 1.29 is 9.59 Å². The Kier molecular flexibility index (Phi) is 5.92. The molecule has 0 fully saturated rings. The second-order valence-electron chi connectivity index (χ2n) is 4.52. The zero-order chi connectivity index (χ0) is 16.8. The summed E-state index contributed by atoms with van der Waals surface area (Å²) in [7, 11) is 0. The maximum atomic E-state index is 12.3. The zero-order valence-electron chi connectivity index (χ0n) is 11.8. The van der Waals surface area contributed by atoms with E-state index in [0.717, 1.165) is 10.0 Å². The molecule has 2 rings (SSSR count). The molecule has 2 amide bonds. The van der Waals surface area contributed by atoms with Crippen LogP contribution in [0.4, 0.5) is 0 Å². The third-order valence-electron chi connectivity index (χ3n) is 2.92. The van der Waals surface area contributed by atoms with Crippen LogP contribution in [0.3, 0.4) is 0 Å². The molecule has 0 aliphatic carbocycles. The molecular formula is C16H13BrClN3O2. The normalized spacial score (nSPS) is 11.0. The SMILES string of the molecule is NNC(=O)C(=Cc1ccc(Br)cc1)NC(=O)c1ccccc1Cl. The highest BCUT2D eigenvalue weighted by atomic mass is 79.9. The minimum absolute atomic E-state index is 0.0137. The van der Waals surface area contributed by atoms with Crippen molar-refractivity contribution in [3.8, 4) is 0 Å². The summed E-state index contributed by atoms with van der Waals surface area (Å²) in [5, 5.41) is 2.81. The fraction of sp³-hybridized carbons (Fsp3) is 0. The minimum atomic E-state index is -0.617. The number of hydrogen-bond donors (Lipinski definition) is 3. The van der Waals surface area contributed by atoms with Gasteiger partial charge in [0.05, 0.1) is 10.6 Å². The number of carbonyl (C=O) groups excluding carboxylic acids is 2. The number of hydrogen-bond acceptors (Lipinski definition) is 3. The average Bonchev–Trinajstić information content (AvgIpc) is 2.55. The third-order valence-corrected chi connectivity index (χ3v) is 3.78. The van der Waals surface area contributed by atoms with Gasteiger partial charge in [0, 0.05) is 4.47 Å². The lowest BCUT2D eigenvalue weighted by Crippen LogP contribution is -2.38. The van der Waals surface area contributed by atoms with E-state index >= 15 is 0 Å². The van der Waals surface area contributed by atoms with E-state index in [2.05, 4.69) is 21.2 Å². The van der Waals surface area contributed by atoms with Gasteiger partial charge in [-0.25, -0.2) is 5.84 Å². The molecule has 0 aliphatic rings. The molecule has 0 radical (unpaired) electrons. The quantitative estimate of drug-likeness (QED) is 0.323. The molecule has 2 aromatic rings. The Morgan fingerprint density at radius 1 is 1.09 bits per heavy atom. The van der Waals surface area contributed by atoms with Crippen molar-refractivity contribution in [2.24, 2.45) is 5.84 Å². The lowest BCUT2D eigenvalue weighted by molar-refractivity contribution is -0.117. The number of nitrogens with two attached hydrogens (primary N) is 1. The highest BCUT2D eigenvalue weighted by Crippen LogP contribution is 2.16. The first kappa shape index (κ1) is 17.2. The molecule has 118 valence electrons. The van der Waals surface area contributed by atoms with Crippen LogP contribution in [0.5, 0.6) is 0 Å². The standard InChI is InChI=1S/C16H13BrClN3O2/c17-11-7-5-10(6-8-11)9-14(16(23)21-19)20-15(22)12-3-1-2-4-13(12)18/h1-9H,19H2,(H,20,22)(H,21,23). The first-order valence-electron chi connectivity index (χ1n) is 6.55. The van der Waals surface area contributed by atoms with Gasteiger partial charge in [-0.1, -0.05) is 51.8 Å². The summed E-state index contributed by atoms with van der Waals surface area (Å²) in [6.07, 6.45) is 1.52. The molecule has 0 bridgehead atoms. The highest BCUT2D eigenvalue weighted by molar-refractivity contribution is 9.10. The van der Waals surface area contributed by atoms with E-state index in [-0.39, 0.29) is 11.3 Å². The average molecular weight is 395 g/mol. The molecule has 0 atom stereocenters. The number of carbonyl (C=O) groups is 2. The van der Waals surface area contributed by atoms with Gasteiger partial charge in [-0.15, -0.1) is 0 Å². The topological polar surface area (TPSA) is 84.2 Å². The molecule has 4 N–H and O–H groups in total. The Balaban J connectivity index is 2.29. The van der Waals surface area contributed by atoms with Crippen molar-refractivity contribution in [1.82, 2.24) is 10.7 Å². The van der Waals surface area contributed by atoms with Crippen LogP contribution in [0, 0.1) is 0 Å². The van der Waals surface area contributed by atoms with Crippen LogP contribution in [-0.4, -0.2) is 11.8 Å². The molecule has 0 saturated carbocycles. The van der Waals surface area contributed by atoms with Crippen LogP contribution in [0.25, 0.3) is 6.08 Å². The van der Waals surface area contributed by atoms with E-state index in [1.807, 2.05) is 17.6 Å². The smallest absolute Gasteiger partial charge is 0.281 e. The summed E-state index contributed by atoms with van der Waals surface area (Å²) >= 11 is 9.31. The van der Waals surface area contributed by atoms with E-state index in [4.69, 9.17) is 17.4 Å². The summed E-state index contributed by atoms with van der Waals surface area (Å²) < 4.78 is 0.902. The van der Waals surface area contributed by atoms with Gasteiger partial charge in [0.25, 0.3) is 11.8 Å². The molecule has 0 aromatic heterocycles. The van der Waals surface area contributed by atoms with Crippen molar-refractivity contribution >= 4 is 45.4 Å². The van der Waals surface area contributed by atoms with Crippen LogP contribution in [0.15, 0.2) is 58.7 Å². The fourth-order valence-corrected chi connectivity index (χ4v) is 2.28. The Labute approximate surface area is 146 Å². The third kappa shape index (κ3) is 4.66. The van der Waals surface area contributed by atoms with Gasteiger partial charge in [-0.3, -0.25) is 15.0 Å². The summed E-state index contributed by atoms with van der Waals surface area (Å²) in [6.45, 7) is 0. The van der Waals surface area contributed by atoms with Gasteiger partial charge in [-0.2, -0.15) is 0 Å². The molecule has 7 heteroatoms. The largest absolute Gasteiger partial charge is 0.317 e. The molecule has 0 saturated heterocycles. The van der Waals surface area contributed by atoms with Gasteiger partial charge < -0.3 is 5.32 Å².